The van der Waals surface area contributed by atoms with E-state index < -0.39 is 0 Å². The number of nitrogens with one attached hydrogen (secondary N) is 1. The highest BCUT2D eigenvalue weighted by atomic mass is 14.9. The Morgan fingerprint density at radius 3 is 2.61 bits per heavy atom. The number of likely N-dealkylation sites (N-methyl/N-ethyl adjacent to an activating group) is 1. The van der Waals surface area contributed by atoms with Crippen molar-refractivity contribution in [1.29, 1.82) is 0 Å². The van der Waals surface area contributed by atoms with Crippen LogP contribution in [0.1, 0.15) is 57.4 Å². The van der Waals surface area contributed by atoms with Gasteiger partial charge in [-0.1, -0.05) is 51.5 Å². The highest BCUT2D eigenvalue weighted by Gasteiger charge is 2.06. The van der Waals surface area contributed by atoms with Gasteiger partial charge in [-0.05, 0) is 31.5 Å². The van der Waals surface area contributed by atoms with E-state index in [9.17, 15) is 0 Å². The summed E-state index contributed by atoms with van der Waals surface area (Å²) in [6.45, 7) is 2.27. The molecular weight excluding hydrogens is 220 g/mol. The third-order valence-electron chi connectivity index (χ3n) is 3.52. The van der Waals surface area contributed by atoms with E-state index in [0.717, 1.165) is 6.42 Å². The van der Waals surface area contributed by atoms with Crippen LogP contribution >= 0.6 is 0 Å². The minimum Gasteiger partial charge on any atom is -0.317 e. The van der Waals surface area contributed by atoms with E-state index in [-0.39, 0.29) is 0 Å². The molecule has 0 bridgehead atoms. The average molecular weight is 248 g/mol. The summed E-state index contributed by atoms with van der Waals surface area (Å²) in [4.78, 5) is 4.17. The molecule has 0 saturated heterocycles. The number of aromatic nitrogens is 1. The number of hydrogen-bond donors (Lipinski definition) is 1. The van der Waals surface area contributed by atoms with Crippen molar-refractivity contribution in [2.45, 2.75) is 64.3 Å². The number of pyridine rings is 1. The third-order valence-corrected chi connectivity index (χ3v) is 3.52. The monoisotopic (exact) mass is 248 g/mol. The molecule has 2 heteroatoms. The van der Waals surface area contributed by atoms with Gasteiger partial charge >= 0.3 is 0 Å². The van der Waals surface area contributed by atoms with Crippen molar-refractivity contribution in [2.24, 2.45) is 0 Å². The van der Waals surface area contributed by atoms with E-state index in [2.05, 4.69) is 30.3 Å². The second kappa shape index (κ2) is 10.1. The molecule has 0 aromatic carbocycles. The molecular formula is C16H28N2. The number of unbranched alkanes of at least 4 members (excludes halogenated alkanes) is 5. The Morgan fingerprint density at radius 1 is 1.17 bits per heavy atom. The summed E-state index contributed by atoms with van der Waals surface area (Å²) in [5.74, 6) is 0. The maximum Gasteiger partial charge on any atom is 0.0300 e. The van der Waals surface area contributed by atoms with Crippen LogP contribution in [-0.4, -0.2) is 18.1 Å². The van der Waals surface area contributed by atoms with Crippen molar-refractivity contribution in [1.82, 2.24) is 10.3 Å². The molecule has 1 unspecified atom stereocenters. The molecule has 1 rings (SSSR count). The van der Waals surface area contributed by atoms with Crippen molar-refractivity contribution in [3.63, 3.8) is 0 Å². The molecule has 0 aliphatic carbocycles. The molecule has 1 N–H and O–H groups in total. The highest BCUT2D eigenvalue weighted by Crippen LogP contribution is 2.11. The van der Waals surface area contributed by atoms with Gasteiger partial charge in [0.15, 0.2) is 0 Å². The molecule has 0 spiro atoms. The van der Waals surface area contributed by atoms with E-state index >= 15 is 0 Å². The van der Waals surface area contributed by atoms with Crippen LogP contribution < -0.4 is 5.32 Å². The van der Waals surface area contributed by atoms with Crippen LogP contribution in [0, 0.1) is 0 Å². The van der Waals surface area contributed by atoms with Gasteiger partial charge in [0.1, 0.15) is 0 Å². The van der Waals surface area contributed by atoms with Gasteiger partial charge in [0.2, 0.25) is 0 Å². The zero-order chi connectivity index (χ0) is 13.1. The van der Waals surface area contributed by atoms with Crippen LogP contribution in [0.25, 0.3) is 0 Å². The van der Waals surface area contributed by atoms with Gasteiger partial charge in [-0.2, -0.15) is 0 Å². The summed E-state index contributed by atoms with van der Waals surface area (Å²) in [5.41, 5.74) is 1.34. The van der Waals surface area contributed by atoms with Crippen molar-refractivity contribution < 1.29 is 0 Å². The molecule has 1 atom stereocenters. The second-order valence-corrected chi connectivity index (χ2v) is 5.11. The Kier molecular flexibility index (Phi) is 8.49. The maximum atomic E-state index is 4.17. The van der Waals surface area contributed by atoms with Gasteiger partial charge in [-0.3, -0.25) is 4.98 Å². The molecule has 0 fully saturated rings. The zero-order valence-electron chi connectivity index (χ0n) is 12.0. The fraction of sp³-hybridized carbons (Fsp3) is 0.688. The zero-order valence-corrected chi connectivity index (χ0v) is 12.0. The molecule has 1 aromatic heterocycles. The predicted molar refractivity (Wildman–Crippen MR) is 78.8 cm³/mol. The lowest BCUT2D eigenvalue weighted by Crippen LogP contribution is -2.27. The van der Waals surface area contributed by atoms with Crippen LogP contribution in [0.15, 0.2) is 24.5 Å². The first-order valence-corrected chi connectivity index (χ1v) is 7.43. The van der Waals surface area contributed by atoms with E-state index in [0.29, 0.717) is 6.04 Å². The molecule has 102 valence electrons. The Bertz CT molecular complexity index is 284. The van der Waals surface area contributed by atoms with Crippen molar-refractivity contribution in [3.8, 4) is 0 Å². The van der Waals surface area contributed by atoms with E-state index in [1.54, 1.807) is 0 Å². The van der Waals surface area contributed by atoms with Gasteiger partial charge in [0, 0.05) is 18.4 Å². The lowest BCUT2D eigenvalue weighted by Gasteiger charge is -2.15. The number of nitrogens with zero attached hydrogens (tertiary/aromatic N) is 1. The van der Waals surface area contributed by atoms with Crippen molar-refractivity contribution in [2.75, 3.05) is 7.05 Å². The van der Waals surface area contributed by atoms with Crippen LogP contribution in [0.4, 0.5) is 0 Å². The lowest BCUT2D eigenvalue weighted by molar-refractivity contribution is 0.479. The van der Waals surface area contributed by atoms with E-state index in [4.69, 9.17) is 0 Å². The number of hydrogen-bond acceptors (Lipinski definition) is 2. The van der Waals surface area contributed by atoms with Gasteiger partial charge in [-0.25, -0.2) is 0 Å². The molecule has 0 radical (unpaired) electrons. The predicted octanol–water partition coefficient (Wildman–Crippen LogP) is 3.96. The minimum atomic E-state index is 0.598. The third kappa shape index (κ3) is 6.75. The topological polar surface area (TPSA) is 24.9 Å². The van der Waals surface area contributed by atoms with Gasteiger partial charge in [0.05, 0.1) is 0 Å². The van der Waals surface area contributed by atoms with Crippen LogP contribution in [0.2, 0.25) is 0 Å². The fourth-order valence-corrected chi connectivity index (χ4v) is 2.32. The Labute approximate surface area is 112 Å². The quantitative estimate of drug-likeness (QED) is 0.634. The summed E-state index contributed by atoms with van der Waals surface area (Å²) in [5, 5.41) is 3.42. The van der Waals surface area contributed by atoms with Gasteiger partial charge in [-0.15, -0.1) is 0 Å². The van der Waals surface area contributed by atoms with Crippen LogP contribution in [-0.2, 0) is 6.42 Å². The second-order valence-electron chi connectivity index (χ2n) is 5.11. The normalized spacial score (nSPS) is 12.6. The molecule has 1 heterocycles. The SMILES string of the molecule is CCCCCCCCC(Cc1cccnc1)NC. The first kappa shape index (κ1) is 15.2. The highest BCUT2D eigenvalue weighted by molar-refractivity contribution is 5.10. The van der Waals surface area contributed by atoms with Crippen LogP contribution in [0.5, 0.6) is 0 Å². The molecule has 18 heavy (non-hydrogen) atoms. The standard InChI is InChI=1S/C16H28N2/c1-3-4-5-6-7-8-11-16(17-2)13-15-10-9-12-18-14-15/h9-10,12,14,16-17H,3-8,11,13H2,1-2H3. The van der Waals surface area contributed by atoms with Crippen molar-refractivity contribution in [3.05, 3.63) is 30.1 Å². The largest absolute Gasteiger partial charge is 0.317 e. The maximum absolute atomic E-state index is 4.17. The van der Waals surface area contributed by atoms with E-state index in [1.165, 1.54) is 50.5 Å². The van der Waals surface area contributed by atoms with Crippen molar-refractivity contribution >= 4 is 0 Å². The molecule has 0 aliphatic heterocycles. The Hall–Kier alpha value is -0.890. The minimum absolute atomic E-state index is 0.598. The molecule has 2 nitrogen and oxygen atoms in total. The summed E-state index contributed by atoms with van der Waals surface area (Å²) >= 11 is 0. The average Bonchev–Trinajstić information content (AvgIpc) is 2.42. The lowest BCUT2D eigenvalue weighted by atomic mass is 10.0. The first-order valence-electron chi connectivity index (χ1n) is 7.43. The smallest absolute Gasteiger partial charge is 0.0300 e. The Morgan fingerprint density at radius 2 is 1.94 bits per heavy atom. The number of rotatable bonds is 10. The molecule has 1 aromatic rings. The van der Waals surface area contributed by atoms with Gasteiger partial charge < -0.3 is 5.32 Å². The summed E-state index contributed by atoms with van der Waals surface area (Å²) < 4.78 is 0. The fourth-order valence-electron chi connectivity index (χ4n) is 2.32. The summed E-state index contributed by atoms with van der Waals surface area (Å²) in [6, 6.07) is 4.78. The summed E-state index contributed by atoms with van der Waals surface area (Å²) in [7, 11) is 2.07. The van der Waals surface area contributed by atoms with Gasteiger partial charge in [0.25, 0.3) is 0 Å². The Balaban J connectivity index is 2.14. The molecule has 0 saturated carbocycles. The molecule has 0 aliphatic rings. The first-order chi connectivity index (χ1) is 8.86. The molecule has 0 amide bonds. The van der Waals surface area contributed by atoms with E-state index in [1.807, 2.05) is 18.5 Å². The van der Waals surface area contributed by atoms with Crippen LogP contribution in [0.3, 0.4) is 0 Å². The summed E-state index contributed by atoms with van der Waals surface area (Å²) in [6.07, 6.45) is 14.4.